The second kappa shape index (κ2) is 3.42. The summed E-state index contributed by atoms with van der Waals surface area (Å²) < 4.78 is 2.05. The van der Waals surface area contributed by atoms with Gasteiger partial charge in [-0.1, -0.05) is 19.9 Å². The van der Waals surface area contributed by atoms with Crippen LogP contribution in [0.5, 0.6) is 0 Å². The monoisotopic (exact) mass is 189 g/mol. The zero-order valence-corrected chi connectivity index (χ0v) is 8.51. The van der Waals surface area contributed by atoms with Crippen LogP contribution in [0.3, 0.4) is 0 Å². The van der Waals surface area contributed by atoms with E-state index < -0.39 is 0 Å². The molecule has 1 unspecified atom stereocenters. The first-order chi connectivity index (χ1) is 6.70. The molecule has 74 valence electrons. The minimum atomic E-state index is -0.0000926. The van der Waals surface area contributed by atoms with Crippen LogP contribution in [0, 0.1) is 5.92 Å². The van der Waals surface area contributed by atoms with E-state index in [1.807, 2.05) is 35.0 Å². The molecule has 2 N–H and O–H groups in total. The Morgan fingerprint density at radius 2 is 2.14 bits per heavy atom. The van der Waals surface area contributed by atoms with Gasteiger partial charge < -0.3 is 10.1 Å². The molecule has 0 aromatic carbocycles. The Morgan fingerprint density at radius 1 is 1.36 bits per heavy atom. The maximum absolute atomic E-state index is 6.06. The summed E-state index contributed by atoms with van der Waals surface area (Å²) in [7, 11) is 0. The zero-order valence-electron chi connectivity index (χ0n) is 8.51. The molecule has 2 aromatic heterocycles. The molecular weight excluding hydrogens is 174 g/mol. The smallest absolute Gasteiger partial charge is 0.130 e. The molecule has 0 spiro atoms. The minimum Gasteiger partial charge on any atom is -0.321 e. The molecule has 2 aromatic rings. The lowest BCUT2D eigenvalue weighted by Crippen LogP contribution is -2.19. The summed E-state index contributed by atoms with van der Waals surface area (Å²) in [5, 5.41) is 0. The Morgan fingerprint density at radius 3 is 2.86 bits per heavy atom. The number of aromatic nitrogens is 2. The van der Waals surface area contributed by atoms with Crippen molar-refractivity contribution >= 4 is 5.52 Å². The van der Waals surface area contributed by atoms with Crippen molar-refractivity contribution in [3.8, 4) is 0 Å². The summed E-state index contributed by atoms with van der Waals surface area (Å²) in [5.74, 6) is 1.34. The van der Waals surface area contributed by atoms with Gasteiger partial charge in [-0.25, -0.2) is 4.98 Å². The van der Waals surface area contributed by atoms with Crippen molar-refractivity contribution in [3.63, 3.8) is 0 Å². The summed E-state index contributed by atoms with van der Waals surface area (Å²) in [6.07, 6.45) is 3.86. The zero-order chi connectivity index (χ0) is 10.1. The van der Waals surface area contributed by atoms with Crippen molar-refractivity contribution in [3.05, 3.63) is 36.4 Å². The summed E-state index contributed by atoms with van der Waals surface area (Å²) in [5.41, 5.74) is 7.16. The van der Waals surface area contributed by atoms with E-state index in [4.69, 9.17) is 5.73 Å². The average Bonchev–Trinajstić information content (AvgIpc) is 2.60. The van der Waals surface area contributed by atoms with Crippen molar-refractivity contribution < 1.29 is 0 Å². The molecule has 0 bridgehead atoms. The Hall–Kier alpha value is -1.35. The fourth-order valence-corrected chi connectivity index (χ4v) is 1.51. The second-order valence-electron chi connectivity index (χ2n) is 3.88. The lowest BCUT2D eigenvalue weighted by molar-refractivity contribution is 0.489. The summed E-state index contributed by atoms with van der Waals surface area (Å²) >= 11 is 0. The quantitative estimate of drug-likeness (QED) is 0.785. The first kappa shape index (κ1) is 9.21. The van der Waals surface area contributed by atoms with Crippen LogP contribution >= 0.6 is 0 Å². The Kier molecular flexibility index (Phi) is 2.25. The topological polar surface area (TPSA) is 43.3 Å². The van der Waals surface area contributed by atoms with Gasteiger partial charge in [0.25, 0.3) is 0 Å². The fourth-order valence-electron chi connectivity index (χ4n) is 1.51. The number of nitrogens with two attached hydrogens (primary N) is 1. The lowest BCUT2D eigenvalue weighted by Gasteiger charge is -2.14. The maximum Gasteiger partial charge on any atom is 0.130 e. The van der Waals surface area contributed by atoms with Gasteiger partial charge in [0, 0.05) is 6.20 Å². The molecule has 0 saturated carbocycles. The van der Waals surface area contributed by atoms with Crippen molar-refractivity contribution in [2.24, 2.45) is 11.7 Å². The Labute approximate surface area is 83.6 Å². The van der Waals surface area contributed by atoms with Gasteiger partial charge in [0.05, 0.1) is 17.8 Å². The van der Waals surface area contributed by atoms with Gasteiger partial charge in [-0.2, -0.15) is 0 Å². The van der Waals surface area contributed by atoms with Crippen LogP contribution in [0.1, 0.15) is 25.7 Å². The van der Waals surface area contributed by atoms with Crippen LogP contribution in [0.25, 0.3) is 5.52 Å². The fraction of sp³-hybridized carbons (Fsp3) is 0.364. The largest absolute Gasteiger partial charge is 0.321 e. The molecule has 0 amide bonds. The highest BCUT2D eigenvalue weighted by molar-refractivity contribution is 5.45. The van der Waals surface area contributed by atoms with Gasteiger partial charge in [0.15, 0.2) is 0 Å². The first-order valence-corrected chi connectivity index (χ1v) is 4.87. The SMILES string of the molecule is CC(C)C(N)c1ncc2ccccn12. The molecule has 0 radical (unpaired) electrons. The normalized spacial score (nSPS) is 13.7. The lowest BCUT2D eigenvalue weighted by atomic mass is 10.1. The third kappa shape index (κ3) is 1.40. The second-order valence-corrected chi connectivity index (χ2v) is 3.88. The van der Waals surface area contributed by atoms with Crippen molar-refractivity contribution in [1.29, 1.82) is 0 Å². The molecule has 2 heterocycles. The van der Waals surface area contributed by atoms with Crippen LogP contribution in [0.4, 0.5) is 0 Å². The number of hydrogen-bond acceptors (Lipinski definition) is 2. The van der Waals surface area contributed by atoms with Crippen LogP contribution in [-0.4, -0.2) is 9.38 Å². The van der Waals surface area contributed by atoms with Gasteiger partial charge >= 0.3 is 0 Å². The minimum absolute atomic E-state index is 0.0000926. The van der Waals surface area contributed by atoms with Gasteiger partial charge in [0.2, 0.25) is 0 Å². The third-order valence-electron chi connectivity index (χ3n) is 2.48. The number of fused-ring (bicyclic) bond motifs is 1. The maximum atomic E-state index is 6.06. The predicted octanol–water partition coefficient (Wildman–Crippen LogP) is 1.99. The van der Waals surface area contributed by atoms with Gasteiger partial charge in [-0.15, -0.1) is 0 Å². The molecule has 3 nitrogen and oxygen atoms in total. The molecule has 0 aliphatic rings. The highest BCUT2D eigenvalue weighted by Crippen LogP contribution is 2.18. The van der Waals surface area contributed by atoms with E-state index in [1.54, 1.807) is 0 Å². The molecule has 2 rings (SSSR count). The van der Waals surface area contributed by atoms with Crippen LogP contribution < -0.4 is 5.73 Å². The summed E-state index contributed by atoms with van der Waals surface area (Å²) in [6, 6.07) is 6.02. The summed E-state index contributed by atoms with van der Waals surface area (Å²) in [4.78, 5) is 4.35. The van der Waals surface area contributed by atoms with Crippen molar-refractivity contribution in [2.45, 2.75) is 19.9 Å². The highest BCUT2D eigenvalue weighted by Gasteiger charge is 2.15. The van der Waals surface area contributed by atoms with E-state index in [1.165, 1.54) is 0 Å². The third-order valence-corrected chi connectivity index (χ3v) is 2.48. The van der Waals surface area contributed by atoms with Crippen molar-refractivity contribution in [2.75, 3.05) is 0 Å². The van der Waals surface area contributed by atoms with Crippen LogP contribution in [0.15, 0.2) is 30.6 Å². The number of pyridine rings is 1. The highest BCUT2D eigenvalue weighted by atomic mass is 15.0. The van der Waals surface area contributed by atoms with E-state index in [9.17, 15) is 0 Å². The predicted molar refractivity (Wildman–Crippen MR) is 57.0 cm³/mol. The molecule has 0 saturated heterocycles. The number of hydrogen-bond donors (Lipinski definition) is 1. The molecule has 14 heavy (non-hydrogen) atoms. The molecule has 3 heteroatoms. The van der Waals surface area contributed by atoms with Crippen LogP contribution in [-0.2, 0) is 0 Å². The number of nitrogens with zero attached hydrogens (tertiary/aromatic N) is 2. The van der Waals surface area contributed by atoms with Crippen molar-refractivity contribution in [1.82, 2.24) is 9.38 Å². The van der Waals surface area contributed by atoms with E-state index in [2.05, 4.69) is 18.8 Å². The average molecular weight is 189 g/mol. The molecule has 0 aliphatic carbocycles. The standard InChI is InChI=1S/C11H15N3/c1-8(2)10(12)11-13-7-9-5-3-4-6-14(9)11/h3-8,10H,12H2,1-2H3. The Balaban J connectivity index is 2.53. The van der Waals surface area contributed by atoms with E-state index in [0.717, 1.165) is 11.3 Å². The number of rotatable bonds is 2. The molecule has 0 aliphatic heterocycles. The molecule has 0 fully saturated rings. The van der Waals surface area contributed by atoms with Gasteiger partial charge in [0.1, 0.15) is 5.82 Å². The van der Waals surface area contributed by atoms with E-state index >= 15 is 0 Å². The summed E-state index contributed by atoms with van der Waals surface area (Å²) in [6.45, 7) is 4.21. The van der Waals surface area contributed by atoms with Crippen LogP contribution in [0.2, 0.25) is 0 Å². The van der Waals surface area contributed by atoms with E-state index in [0.29, 0.717) is 5.92 Å². The van der Waals surface area contributed by atoms with E-state index in [-0.39, 0.29) is 6.04 Å². The molecule has 1 atom stereocenters. The molecular formula is C11H15N3. The van der Waals surface area contributed by atoms with Gasteiger partial charge in [-0.3, -0.25) is 0 Å². The Bertz CT molecular complexity index is 431. The number of imidazole rings is 1. The van der Waals surface area contributed by atoms with Gasteiger partial charge in [-0.05, 0) is 18.1 Å². The first-order valence-electron chi connectivity index (χ1n) is 4.87.